The first kappa shape index (κ1) is 28.1. The minimum absolute atomic E-state index is 0.00711. The van der Waals surface area contributed by atoms with E-state index in [4.69, 9.17) is 8.83 Å². The minimum atomic E-state index is 0.00711. The average molecular weight is 589 g/mol. The quantitative estimate of drug-likeness (QED) is 0.146. The predicted octanol–water partition coefficient (Wildman–Crippen LogP) is 6.13. The van der Waals surface area contributed by atoms with Gasteiger partial charge in [0, 0.05) is 50.6 Å². The highest BCUT2D eigenvalue weighted by atomic mass is 16.3. The Balaban J connectivity index is 0.863. The maximum absolute atomic E-state index is 13.2. The van der Waals surface area contributed by atoms with Gasteiger partial charge in [-0.25, -0.2) is 0 Å². The summed E-state index contributed by atoms with van der Waals surface area (Å²) in [5, 5.41) is 9.42. The maximum Gasteiger partial charge on any atom is 0.202 e. The van der Waals surface area contributed by atoms with E-state index in [0.717, 1.165) is 76.6 Å². The van der Waals surface area contributed by atoms with Crippen LogP contribution in [0.2, 0.25) is 0 Å². The molecule has 0 saturated carbocycles. The molecule has 0 bridgehead atoms. The van der Waals surface area contributed by atoms with E-state index in [9.17, 15) is 9.59 Å². The van der Waals surface area contributed by atoms with E-state index in [1.54, 1.807) is 0 Å². The van der Waals surface area contributed by atoms with Gasteiger partial charge in [0.25, 0.3) is 0 Å². The summed E-state index contributed by atoms with van der Waals surface area (Å²) in [7, 11) is 0. The summed E-state index contributed by atoms with van der Waals surface area (Å²) in [5.74, 6) is 0. The lowest BCUT2D eigenvalue weighted by Crippen LogP contribution is -2.47. The van der Waals surface area contributed by atoms with Gasteiger partial charge < -0.3 is 29.3 Å². The van der Waals surface area contributed by atoms with Crippen molar-refractivity contribution in [2.24, 2.45) is 0 Å². The molecule has 3 heterocycles. The average Bonchev–Trinajstić information content (AvgIpc) is 3.06. The Labute approximate surface area is 254 Å². The Hall–Kier alpha value is -4.66. The molecule has 4 aromatic carbocycles. The van der Waals surface area contributed by atoms with Gasteiger partial charge >= 0.3 is 0 Å². The van der Waals surface area contributed by atoms with Gasteiger partial charge in [-0.3, -0.25) is 9.59 Å². The first-order chi connectivity index (χ1) is 21.7. The van der Waals surface area contributed by atoms with Crippen molar-refractivity contribution in [1.29, 1.82) is 0 Å². The monoisotopic (exact) mass is 588 g/mol. The maximum atomic E-state index is 13.2. The van der Waals surface area contributed by atoms with Gasteiger partial charge in [0.2, 0.25) is 10.9 Å². The van der Waals surface area contributed by atoms with Gasteiger partial charge in [0.05, 0.1) is 21.5 Å². The number of rotatable bonds is 10. The van der Waals surface area contributed by atoms with Crippen LogP contribution in [-0.4, -0.2) is 62.2 Å². The van der Waals surface area contributed by atoms with Crippen molar-refractivity contribution in [2.75, 3.05) is 63.0 Å². The molecular weight excluding hydrogens is 552 g/mol. The summed E-state index contributed by atoms with van der Waals surface area (Å²) >= 11 is 0. The first-order valence-corrected chi connectivity index (χ1v) is 15.5. The molecule has 44 heavy (non-hydrogen) atoms. The van der Waals surface area contributed by atoms with Gasteiger partial charge in [-0.1, -0.05) is 36.4 Å². The summed E-state index contributed by atoms with van der Waals surface area (Å²) < 4.78 is 12.0. The Morgan fingerprint density at radius 3 is 1.39 bits per heavy atom. The zero-order chi connectivity index (χ0) is 29.9. The van der Waals surface area contributed by atoms with Crippen LogP contribution in [0.1, 0.15) is 12.8 Å². The van der Waals surface area contributed by atoms with Crippen molar-refractivity contribution in [3.8, 4) is 0 Å². The van der Waals surface area contributed by atoms with Gasteiger partial charge in [0.1, 0.15) is 22.3 Å². The van der Waals surface area contributed by atoms with Crippen LogP contribution in [0.15, 0.2) is 103 Å². The zero-order valence-corrected chi connectivity index (χ0v) is 24.7. The number of nitrogens with one attached hydrogen (secondary N) is 2. The van der Waals surface area contributed by atoms with E-state index in [-0.39, 0.29) is 10.9 Å². The Morgan fingerprint density at radius 1 is 0.523 bits per heavy atom. The van der Waals surface area contributed by atoms with Gasteiger partial charge in [-0.15, -0.1) is 0 Å². The van der Waals surface area contributed by atoms with Gasteiger partial charge in [-0.2, -0.15) is 0 Å². The van der Waals surface area contributed by atoms with Crippen LogP contribution in [0.3, 0.4) is 0 Å². The second-order valence-electron chi connectivity index (χ2n) is 11.5. The molecule has 2 aromatic heterocycles. The fourth-order valence-electron chi connectivity index (χ4n) is 6.28. The van der Waals surface area contributed by atoms with Crippen molar-refractivity contribution in [3.05, 3.63) is 105 Å². The number of hydrogen-bond donors (Lipinski definition) is 2. The topological polar surface area (TPSA) is 91.0 Å². The predicted molar refractivity (Wildman–Crippen MR) is 179 cm³/mol. The lowest BCUT2D eigenvalue weighted by atomic mass is 10.1. The number of para-hydroxylation sites is 2. The number of fused-ring (bicyclic) bond motifs is 4. The molecule has 1 saturated heterocycles. The van der Waals surface area contributed by atoms with Gasteiger partial charge in [0.15, 0.2) is 0 Å². The smallest absolute Gasteiger partial charge is 0.202 e. The summed E-state index contributed by atoms with van der Waals surface area (Å²) in [4.78, 5) is 31.4. The second-order valence-corrected chi connectivity index (χ2v) is 11.5. The molecule has 1 fully saturated rings. The normalized spacial score (nSPS) is 14.5. The van der Waals surface area contributed by atoms with E-state index in [0.29, 0.717) is 43.9 Å². The summed E-state index contributed by atoms with van der Waals surface area (Å²) in [5.41, 5.74) is 4.13. The Morgan fingerprint density at radius 2 is 0.932 bits per heavy atom. The third-order valence-corrected chi connectivity index (χ3v) is 8.61. The summed E-state index contributed by atoms with van der Waals surface area (Å²) in [6.07, 6.45) is 1.99. The van der Waals surface area contributed by atoms with E-state index in [1.165, 1.54) is 0 Å². The Bertz CT molecular complexity index is 1910. The van der Waals surface area contributed by atoms with Crippen molar-refractivity contribution in [2.45, 2.75) is 12.8 Å². The SMILES string of the molecule is O=c1c2ccccc2oc2cccc(NCCCN3CCN(CCCNc4cccc5oc6ccccc6c(=O)c45)CC3)c12. The van der Waals surface area contributed by atoms with Crippen LogP contribution in [0.25, 0.3) is 43.9 Å². The van der Waals surface area contributed by atoms with E-state index >= 15 is 0 Å². The third-order valence-electron chi connectivity index (χ3n) is 8.61. The largest absolute Gasteiger partial charge is 0.456 e. The van der Waals surface area contributed by atoms with Crippen LogP contribution in [0.4, 0.5) is 11.4 Å². The molecule has 6 aromatic rings. The van der Waals surface area contributed by atoms with Crippen LogP contribution in [-0.2, 0) is 0 Å². The van der Waals surface area contributed by atoms with Crippen LogP contribution >= 0.6 is 0 Å². The van der Waals surface area contributed by atoms with Crippen molar-refractivity contribution >= 4 is 55.3 Å². The summed E-state index contributed by atoms with van der Waals surface area (Å²) in [6.45, 7) is 7.82. The van der Waals surface area contributed by atoms with Crippen LogP contribution in [0.5, 0.6) is 0 Å². The second kappa shape index (κ2) is 12.5. The van der Waals surface area contributed by atoms with Crippen molar-refractivity contribution in [1.82, 2.24) is 9.80 Å². The number of anilines is 2. The number of benzene rings is 4. The lowest BCUT2D eigenvalue weighted by Gasteiger charge is -2.34. The molecule has 7 rings (SSSR count). The Kier molecular flexibility index (Phi) is 8.01. The van der Waals surface area contributed by atoms with Crippen molar-refractivity contribution < 1.29 is 8.83 Å². The lowest BCUT2D eigenvalue weighted by molar-refractivity contribution is 0.132. The number of hydrogen-bond acceptors (Lipinski definition) is 8. The highest BCUT2D eigenvalue weighted by molar-refractivity contribution is 5.98. The minimum Gasteiger partial charge on any atom is -0.456 e. The van der Waals surface area contributed by atoms with E-state index in [1.807, 2.05) is 84.9 Å². The molecule has 0 unspecified atom stereocenters. The molecule has 8 heteroatoms. The molecule has 0 aliphatic carbocycles. The molecule has 0 spiro atoms. The molecule has 1 aliphatic rings. The van der Waals surface area contributed by atoms with Crippen LogP contribution < -0.4 is 21.5 Å². The molecule has 1 aliphatic heterocycles. The third kappa shape index (κ3) is 5.66. The highest BCUT2D eigenvalue weighted by Crippen LogP contribution is 2.25. The van der Waals surface area contributed by atoms with E-state index in [2.05, 4.69) is 20.4 Å². The zero-order valence-electron chi connectivity index (χ0n) is 24.7. The molecule has 0 radical (unpaired) electrons. The standard InChI is InChI=1S/C36H36N4O4/c41-35-25-9-1-3-13-29(25)43-31-15-5-11-27(33(31)35)37-17-7-19-39-21-23-40(24-22-39)20-8-18-38-28-12-6-16-32-34(28)36(42)26-10-2-4-14-30(26)44-32/h1-6,9-16,37-38H,7-8,17-24H2. The van der Waals surface area contributed by atoms with Gasteiger partial charge in [-0.05, 0) is 74.5 Å². The first-order valence-electron chi connectivity index (χ1n) is 15.5. The molecule has 224 valence electrons. The van der Waals surface area contributed by atoms with E-state index < -0.39 is 0 Å². The molecule has 0 amide bonds. The number of piperazine rings is 1. The van der Waals surface area contributed by atoms with Crippen LogP contribution in [0, 0.1) is 0 Å². The fraction of sp³-hybridized carbons (Fsp3) is 0.278. The van der Waals surface area contributed by atoms with Crippen molar-refractivity contribution in [3.63, 3.8) is 0 Å². The molecule has 2 N–H and O–H groups in total. The molecular formula is C36H36N4O4. The molecule has 8 nitrogen and oxygen atoms in total. The highest BCUT2D eigenvalue weighted by Gasteiger charge is 2.17. The molecule has 0 atom stereocenters. The summed E-state index contributed by atoms with van der Waals surface area (Å²) in [6, 6.07) is 26.3. The number of nitrogens with zero attached hydrogens (tertiary/aromatic N) is 2. The fourth-order valence-corrected chi connectivity index (χ4v) is 6.28.